The van der Waals surface area contributed by atoms with E-state index in [0.29, 0.717) is 6.08 Å². The molecule has 0 amide bonds. The van der Waals surface area contributed by atoms with Crippen LogP contribution in [0, 0.1) is 0 Å². The zero-order valence-electron chi connectivity index (χ0n) is 9.57. The maximum Gasteiger partial charge on any atom is 0.394 e. The van der Waals surface area contributed by atoms with E-state index in [-0.39, 0.29) is 6.10 Å². The fraction of sp³-hybridized carbons (Fsp3) is 0.727. The van der Waals surface area contributed by atoms with Gasteiger partial charge in [0.25, 0.3) is 0 Å². The second-order valence-electron chi connectivity index (χ2n) is 3.81. The van der Waals surface area contributed by atoms with E-state index in [9.17, 15) is 0 Å². The van der Waals surface area contributed by atoms with Crippen LogP contribution in [-0.2, 0) is 11.3 Å². The summed E-state index contributed by atoms with van der Waals surface area (Å²) in [5.74, 6) is 0. The molecule has 0 aliphatic carbocycles. The van der Waals surface area contributed by atoms with E-state index >= 15 is 0 Å². The van der Waals surface area contributed by atoms with E-state index in [1.54, 1.807) is 6.26 Å². The van der Waals surface area contributed by atoms with Crippen LogP contribution in [0.3, 0.4) is 0 Å². The van der Waals surface area contributed by atoms with Crippen molar-refractivity contribution in [1.82, 2.24) is 10.3 Å². The Bertz CT molecular complexity index is 308. The first-order valence-corrected chi connectivity index (χ1v) is 5.78. The van der Waals surface area contributed by atoms with E-state index in [2.05, 4.69) is 17.2 Å². The van der Waals surface area contributed by atoms with Gasteiger partial charge >= 0.3 is 6.08 Å². The van der Waals surface area contributed by atoms with E-state index in [1.165, 1.54) is 0 Å². The zero-order valence-corrected chi connectivity index (χ0v) is 9.57. The van der Waals surface area contributed by atoms with Crippen LogP contribution in [-0.4, -0.2) is 30.8 Å². The third-order valence-electron chi connectivity index (χ3n) is 2.52. The Kier molecular flexibility index (Phi) is 4.18. The molecule has 0 bridgehead atoms. The molecule has 0 spiro atoms. The van der Waals surface area contributed by atoms with Crippen LogP contribution in [0.1, 0.15) is 25.5 Å². The summed E-state index contributed by atoms with van der Waals surface area (Å²) in [6.07, 6.45) is 4.01. The average molecular weight is 226 g/mol. The van der Waals surface area contributed by atoms with Crippen molar-refractivity contribution in [3.05, 3.63) is 12.0 Å². The van der Waals surface area contributed by atoms with Gasteiger partial charge in [-0.3, -0.25) is 0 Å². The monoisotopic (exact) mass is 226 g/mol. The molecule has 0 atom stereocenters. The van der Waals surface area contributed by atoms with Gasteiger partial charge in [0.05, 0.1) is 18.9 Å². The van der Waals surface area contributed by atoms with Crippen LogP contribution < -0.4 is 10.1 Å². The number of oxazole rings is 1. The number of hydrogen-bond acceptors (Lipinski definition) is 5. The fourth-order valence-corrected chi connectivity index (χ4v) is 1.61. The molecule has 2 heterocycles. The summed E-state index contributed by atoms with van der Waals surface area (Å²) in [5.41, 5.74) is 0.879. The number of ether oxygens (including phenoxy) is 2. The quantitative estimate of drug-likeness (QED) is 0.821. The molecule has 1 aliphatic heterocycles. The molecule has 1 aromatic heterocycles. The second-order valence-corrected chi connectivity index (χ2v) is 3.81. The third-order valence-corrected chi connectivity index (χ3v) is 2.52. The van der Waals surface area contributed by atoms with Gasteiger partial charge in [0.15, 0.2) is 0 Å². The Morgan fingerprint density at radius 3 is 3.06 bits per heavy atom. The van der Waals surface area contributed by atoms with Gasteiger partial charge in [-0.05, 0) is 6.54 Å². The minimum atomic E-state index is 0.180. The highest BCUT2D eigenvalue weighted by atomic mass is 16.6. The third kappa shape index (κ3) is 3.21. The van der Waals surface area contributed by atoms with Crippen molar-refractivity contribution >= 4 is 0 Å². The molecule has 5 nitrogen and oxygen atoms in total. The molecule has 1 fully saturated rings. The molecule has 0 unspecified atom stereocenters. The Hall–Kier alpha value is -1.07. The lowest BCUT2D eigenvalue weighted by Gasteiger charge is -2.20. The van der Waals surface area contributed by atoms with Gasteiger partial charge in [-0.15, -0.1) is 0 Å². The van der Waals surface area contributed by atoms with Crippen LogP contribution in [0.4, 0.5) is 0 Å². The minimum Gasteiger partial charge on any atom is -0.447 e. The summed E-state index contributed by atoms with van der Waals surface area (Å²) in [4.78, 5) is 4.25. The van der Waals surface area contributed by atoms with Crippen molar-refractivity contribution in [2.45, 2.75) is 32.4 Å². The standard InChI is InChI=1S/C11H18N2O3/c1-2-12-7-9-8-15-11(13-9)16-10-3-5-14-6-4-10/h8,10,12H,2-7H2,1H3. The lowest BCUT2D eigenvalue weighted by Crippen LogP contribution is -2.26. The summed E-state index contributed by atoms with van der Waals surface area (Å²) in [6, 6.07) is 0. The molecular formula is C11H18N2O3. The predicted molar refractivity (Wildman–Crippen MR) is 58.4 cm³/mol. The largest absolute Gasteiger partial charge is 0.447 e. The smallest absolute Gasteiger partial charge is 0.394 e. The van der Waals surface area contributed by atoms with Crippen molar-refractivity contribution in [2.75, 3.05) is 19.8 Å². The van der Waals surface area contributed by atoms with E-state index in [4.69, 9.17) is 13.9 Å². The van der Waals surface area contributed by atoms with Crippen LogP contribution in [0.5, 0.6) is 6.08 Å². The van der Waals surface area contributed by atoms with Crippen molar-refractivity contribution in [2.24, 2.45) is 0 Å². The van der Waals surface area contributed by atoms with E-state index in [1.807, 2.05) is 0 Å². The van der Waals surface area contributed by atoms with Gasteiger partial charge in [0, 0.05) is 19.4 Å². The summed E-state index contributed by atoms with van der Waals surface area (Å²) >= 11 is 0. The first-order chi connectivity index (χ1) is 7.88. The number of hydrogen-bond donors (Lipinski definition) is 1. The maximum atomic E-state index is 5.63. The zero-order chi connectivity index (χ0) is 11.2. The van der Waals surface area contributed by atoms with Crippen molar-refractivity contribution < 1.29 is 13.9 Å². The SMILES string of the molecule is CCNCc1coc(OC2CCOCC2)n1. The van der Waals surface area contributed by atoms with Crippen molar-refractivity contribution in [3.8, 4) is 6.08 Å². The average Bonchev–Trinajstić information content (AvgIpc) is 2.75. The molecule has 0 saturated carbocycles. The summed E-state index contributed by atoms with van der Waals surface area (Å²) in [6.45, 7) is 5.21. The normalized spacial score (nSPS) is 17.6. The lowest BCUT2D eigenvalue weighted by molar-refractivity contribution is 0.0133. The molecule has 1 aliphatic rings. The Morgan fingerprint density at radius 2 is 2.31 bits per heavy atom. The first kappa shape index (κ1) is 11.4. The number of rotatable bonds is 5. The van der Waals surface area contributed by atoms with Crippen LogP contribution >= 0.6 is 0 Å². The summed E-state index contributed by atoms with van der Waals surface area (Å²) < 4.78 is 16.1. The fourth-order valence-electron chi connectivity index (χ4n) is 1.61. The molecule has 0 radical (unpaired) electrons. The predicted octanol–water partition coefficient (Wildman–Crippen LogP) is 1.34. The first-order valence-electron chi connectivity index (χ1n) is 5.78. The van der Waals surface area contributed by atoms with Gasteiger partial charge in [0.1, 0.15) is 12.4 Å². The van der Waals surface area contributed by atoms with Crippen molar-refractivity contribution in [1.29, 1.82) is 0 Å². The minimum absolute atomic E-state index is 0.180. The van der Waals surface area contributed by atoms with Crippen molar-refractivity contribution in [3.63, 3.8) is 0 Å². The van der Waals surface area contributed by atoms with Crippen LogP contribution in [0.2, 0.25) is 0 Å². The summed E-state index contributed by atoms with van der Waals surface area (Å²) in [7, 11) is 0. The highest BCUT2D eigenvalue weighted by Gasteiger charge is 2.17. The number of nitrogens with one attached hydrogen (secondary N) is 1. The number of aromatic nitrogens is 1. The topological polar surface area (TPSA) is 56.5 Å². The molecule has 1 aromatic rings. The van der Waals surface area contributed by atoms with E-state index < -0.39 is 0 Å². The second kappa shape index (κ2) is 5.86. The van der Waals surface area contributed by atoms with Crippen LogP contribution in [0.15, 0.2) is 10.7 Å². The number of nitrogens with zero attached hydrogens (tertiary/aromatic N) is 1. The highest BCUT2D eigenvalue weighted by Crippen LogP contribution is 2.17. The Labute approximate surface area is 95.1 Å². The molecule has 90 valence electrons. The summed E-state index contributed by atoms with van der Waals surface area (Å²) in [5, 5.41) is 3.18. The molecular weight excluding hydrogens is 208 g/mol. The van der Waals surface area contributed by atoms with Gasteiger partial charge in [-0.25, -0.2) is 0 Å². The lowest BCUT2D eigenvalue weighted by atomic mass is 10.2. The van der Waals surface area contributed by atoms with Crippen LogP contribution in [0.25, 0.3) is 0 Å². The molecule has 0 aromatic carbocycles. The maximum absolute atomic E-state index is 5.63. The van der Waals surface area contributed by atoms with E-state index in [0.717, 1.165) is 44.8 Å². The molecule has 5 heteroatoms. The molecule has 2 rings (SSSR count). The Balaban J connectivity index is 1.81. The molecule has 1 N–H and O–H groups in total. The van der Waals surface area contributed by atoms with Gasteiger partial charge in [-0.1, -0.05) is 6.92 Å². The van der Waals surface area contributed by atoms with Gasteiger partial charge < -0.3 is 19.2 Å². The van der Waals surface area contributed by atoms with Gasteiger partial charge in [0.2, 0.25) is 0 Å². The Morgan fingerprint density at radius 1 is 1.50 bits per heavy atom. The van der Waals surface area contributed by atoms with Gasteiger partial charge in [-0.2, -0.15) is 4.98 Å². The molecule has 16 heavy (non-hydrogen) atoms. The molecule has 1 saturated heterocycles. The highest BCUT2D eigenvalue weighted by molar-refractivity contribution is 4.99.